The van der Waals surface area contributed by atoms with Crippen LogP contribution >= 0.6 is 0 Å². The summed E-state index contributed by atoms with van der Waals surface area (Å²) in [5.74, 6) is -1.81. The van der Waals surface area contributed by atoms with Gasteiger partial charge in [-0.15, -0.1) is 0 Å². The SMILES string of the molecule is CCC[C@]12CNC[C@@](CCC)(CN(CC(C)C)C1)C2O.O=C(O)/C=C/C(=O)O. The number of carbonyl (C=O) groups is 2. The molecule has 0 spiro atoms. The number of piperidine rings is 2. The van der Waals surface area contributed by atoms with Crippen LogP contribution in [0.15, 0.2) is 12.2 Å². The van der Waals surface area contributed by atoms with Gasteiger partial charge in [-0.3, -0.25) is 0 Å². The minimum absolute atomic E-state index is 0.0787. The van der Waals surface area contributed by atoms with Gasteiger partial charge in [0.1, 0.15) is 0 Å². The van der Waals surface area contributed by atoms with Crippen molar-refractivity contribution in [3.05, 3.63) is 12.2 Å². The maximum absolute atomic E-state index is 11.1. The molecule has 0 unspecified atom stereocenters. The Morgan fingerprint density at radius 1 is 1.04 bits per heavy atom. The molecule has 0 amide bonds. The standard InChI is InChI=1S/C17H34N2O.C4H4O4/c1-5-7-16-10-18-11-17(8-6-2,15(16)20)13-19(12-16)9-14(3)4;5-3(6)1-2-4(7)8/h14-15,18,20H,5-13H2,1-4H3;1-2H,(H,5,6)(H,7,8)/b;2-1+/t16-,17-;/m0./s1. The van der Waals surface area contributed by atoms with E-state index in [-0.39, 0.29) is 16.9 Å². The van der Waals surface area contributed by atoms with Crippen LogP contribution in [0.4, 0.5) is 0 Å². The second kappa shape index (κ2) is 10.9. The molecule has 2 aliphatic heterocycles. The minimum Gasteiger partial charge on any atom is -0.478 e. The summed E-state index contributed by atoms with van der Waals surface area (Å²) in [4.78, 5) is 21.7. The van der Waals surface area contributed by atoms with Crippen molar-refractivity contribution < 1.29 is 24.9 Å². The number of carboxylic acid groups (broad SMARTS) is 2. The van der Waals surface area contributed by atoms with Crippen molar-refractivity contribution in [1.82, 2.24) is 10.2 Å². The van der Waals surface area contributed by atoms with Gasteiger partial charge in [-0.2, -0.15) is 0 Å². The number of rotatable bonds is 8. The lowest BCUT2D eigenvalue weighted by Crippen LogP contribution is -2.71. The Labute approximate surface area is 168 Å². The molecular weight excluding hydrogens is 360 g/mol. The highest BCUT2D eigenvalue weighted by Gasteiger charge is 2.56. The predicted octanol–water partition coefficient (Wildman–Crippen LogP) is 2.21. The first-order valence-electron chi connectivity index (χ1n) is 10.4. The summed E-state index contributed by atoms with van der Waals surface area (Å²) in [7, 11) is 0. The molecule has 2 atom stereocenters. The number of aliphatic hydroxyl groups excluding tert-OH is 1. The van der Waals surface area contributed by atoms with E-state index in [9.17, 15) is 14.7 Å². The molecule has 0 radical (unpaired) electrons. The van der Waals surface area contributed by atoms with Crippen molar-refractivity contribution in [2.75, 3.05) is 32.7 Å². The summed E-state index contributed by atoms with van der Waals surface area (Å²) in [6.45, 7) is 14.4. The third-order valence-corrected chi connectivity index (χ3v) is 5.68. The summed E-state index contributed by atoms with van der Waals surface area (Å²) in [6, 6.07) is 0. The first kappa shape index (κ1) is 24.6. The molecule has 7 heteroatoms. The maximum atomic E-state index is 11.1. The molecule has 0 aromatic carbocycles. The molecule has 4 N–H and O–H groups in total. The van der Waals surface area contributed by atoms with Crippen molar-refractivity contribution in [1.29, 1.82) is 0 Å². The van der Waals surface area contributed by atoms with Crippen LogP contribution in [-0.2, 0) is 9.59 Å². The smallest absolute Gasteiger partial charge is 0.328 e. The van der Waals surface area contributed by atoms with E-state index < -0.39 is 11.9 Å². The Morgan fingerprint density at radius 2 is 1.46 bits per heavy atom. The Bertz CT molecular complexity index is 503. The van der Waals surface area contributed by atoms with Gasteiger partial charge in [-0.25, -0.2) is 9.59 Å². The zero-order valence-corrected chi connectivity index (χ0v) is 17.8. The highest BCUT2D eigenvalue weighted by molar-refractivity contribution is 5.89. The van der Waals surface area contributed by atoms with Gasteiger partial charge < -0.3 is 25.5 Å². The fourth-order valence-electron chi connectivity index (χ4n) is 5.03. The summed E-state index contributed by atoms with van der Waals surface area (Å²) < 4.78 is 0. The number of aliphatic hydroxyl groups is 1. The van der Waals surface area contributed by atoms with Crippen molar-refractivity contribution in [2.24, 2.45) is 16.7 Å². The minimum atomic E-state index is -1.26. The fraction of sp³-hybridized carbons (Fsp3) is 0.810. The number of fused-ring (bicyclic) bond motifs is 2. The Hall–Kier alpha value is -1.44. The van der Waals surface area contributed by atoms with E-state index >= 15 is 0 Å². The first-order chi connectivity index (χ1) is 13.1. The summed E-state index contributed by atoms with van der Waals surface area (Å²) in [5, 5.41) is 30.4. The molecule has 0 saturated carbocycles. The van der Waals surface area contributed by atoms with Crippen LogP contribution in [-0.4, -0.2) is 71.0 Å². The lowest BCUT2D eigenvalue weighted by Gasteiger charge is -2.60. The van der Waals surface area contributed by atoms with Gasteiger partial charge in [-0.1, -0.05) is 40.5 Å². The summed E-state index contributed by atoms with van der Waals surface area (Å²) in [5.41, 5.74) is 0.157. The maximum Gasteiger partial charge on any atom is 0.328 e. The lowest BCUT2D eigenvalue weighted by molar-refractivity contribution is -0.164. The van der Waals surface area contributed by atoms with Crippen LogP contribution in [0.3, 0.4) is 0 Å². The van der Waals surface area contributed by atoms with E-state index in [0.29, 0.717) is 18.1 Å². The molecule has 162 valence electrons. The molecule has 2 rings (SSSR count). The molecule has 2 bridgehead atoms. The molecule has 2 aliphatic rings. The molecule has 28 heavy (non-hydrogen) atoms. The number of hydrogen-bond donors (Lipinski definition) is 4. The molecule has 0 aliphatic carbocycles. The normalized spacial score (nSPS) is 30.1. The Morgan fingerprint density at radius 3 is 1.79 bits per heavy atom. The second-order valence-electron chi connectivity index (χ2n) is 8.80. The summed E-state index contributed by atoms with van der Waals surface area (Å²) >= 11 is 0. The topological polar surface area (TPSA) is 110 Å². The monoisotopic (exact) mass is 398 g/mol. The third-order valence-electron chi connectivity index (χ3n) is 5.68. The van der Waals surface area contributed by atoms with E-state index in [1.54, 1.807) is 0 Å². The number of likely N-dealkylation sites (tertiary alicyclic amines) is 1. The van der Waals surface area contributed by atoms with E-state index in [0.717, 1.165) is 51.9 Å². The Balaban J connectivity index is 0.000000416. The van der Waals surface area contributed by atoms with Gasteiger partial charge in [0.25, 0.3) is 0 Å². The van der Waals surface area contributed by atoms with Crippen LogP contribution in [0.1, 0.15) is 53.4 Å². The van der Waals surface area contributed by atoms with Crippen LogP contribution < -0.4 is 5.32 Å². The predicted molar refractivity (Wildman–Crippen MR) is 109 cm³/mol. The van der Waals surface area contributed by atoms with E-state index in [1.807, 2.05) is 0 Å². The van der Waals surface area contributed by atoms with Crippen LogP contribution in [0.5, 0.6) is 0 Å². The van der Waals surface area contributed by atoms with Gasteiger partial charge in [0.15, 0.2) is 0 Å². The first-order valence-corrected chi connectivity index (χ1v) is 10.4. The number of nitrogens with zero attached hydrogens (tertiary/aromatic N) is 1. The second-order valence-corrected chi connectivity index (χ2v) is 8.80. The molecule has 2 fully saturated rings. The van der Waals surface area contributed by atoms with Crippen LogP contribution in [0, 0.1) is 16.7 Å². The van der Waals surface area contributed by atoms with Crippen LogP contribution in [0.25, 0.3) is 0 Å². The van der Waals surface area contributed by atoms with Crippen molar-refractivity contribution in [3.8, 4) is 0 Å². The van der Waals surface area contributed by atoms with E-state index in [2.05, 4.69) is 37.9 Å². The van der Waals surface area contributed by atoms with Crippen molar-refractivity contribution in [2.45, 2.75) is 59.5 Å². The quantitative estimate of drug-likeness (QED) is 0.464. The average Bonchev–Trinajstić information content (AvgIpc) is 2.56. The van der Waals surface area contributed by atoms with Gasteiger partial charge in [0.05, 0.1) is 6.10 Å². The zero-order chi connectivity index (χ0) is 21.4. The van der Waals surface area contributed by atoms with Gasteiger partial charge in [0, 0.05) is 55.7 Å². The number of hydrogen-bond acceptors (Lipinski definition) is 5. The zero-order valence-electron chi connectivity index (χ0n) is 17.8. The molecule has 0 aromatic rings. The van der Waals surface area contributed by atoms with E-state index in [4.69, 9.17) is 10.2 Å². The molecule has 7 nitrogen and oxygen atoms in total. The highest BCUT2D eigenvalue weighted by atomic mass is 16.4. The largest absolute Gasteiger partial charge is 0.478 e. The van der Waals surface area contributed by atoms with Crippen molar-refractivity contribution in [3.63, 3.8) is 0 Å². The molecular formula is C21H38N2O5. The third kappa shape index (κ3) is 6.57. The molecule has 0 aromatic heterocycles. The van der Waals surface area contributed by atoms with Crippen LogP contribution in [0.2, 0.25) is 0 Å². The van der Waals surface area contributed by atoms with Crippen molar-refractivity contribution >= 4 is 11.9 Å². The molecule has 2 saturated heterocycles. The molecule has 2 heterocycles. The highest BCUT2D eigenvalue weighted by Crippen LogP contribution is 2.48. The fourth-order valence-corrected chi connectivity index (χ4v) is 5.03. The summed E-state index contributed by atoms with van der Waals surface area (Å²) in [6.07, 6.45) is 5.60. The average molecular weight is 399 g/mol. The van der Waals surface area contributed by atoms with Gasteiger partial charge in [-0.05, 0) is 18.8 Å². The van der Waals surface area contributed by atoms with Gasteiger partial charge in [0.2, 0.25) is 0 Å². The number of aliphatic carboxylic acids is 2. The number of nitrogens with one attached hydrogen (secondary N) is 1. The Kier molecular flexibility index (Phi) is 9.60. The lowest BCUT2D eigenvalue weighted by atomic mass is 9.59. The van der Waals surface area contributed by atoms with Gasteiger partial charge >= 0.3 is 11.9 Å². The van der Waals surface area contributed by atoms with E-state index in [1.165, 1.54) is 6.54 Å². The number of carboxylic acids is 2.